The van der Waals surface area contributed by atoms with Crippen LogP contribution in [0.2, 0.25) is 0 Å². The largest absolute Gasteiger partial charge is 0.342 e. The van der Waals surface area contributed by atoms with Crippen LogP contribution in [0.5, 0.6) is 0 Å². The number of nitrogens with zero attached hydrogens (tertiary/aromatic N) is 2. The summed E-state index contributed by atoms with van der Waals surface area (Å²) >= 11 is 0. The molecule has 1 unspecified atom stereocenters. The number of benzene rings is 1. The van der Waals surface area contributed by atoms with E-state index in [2.05, 4.69) is 4.90 Å². The van der Waals surface area contributed by atoms with Crippen LogP contribution in [0.1, 0.15) is 31.9 Å². The van der Waals surface area contributed by atoms with Crippen LogP contribution < -0.4 is 5.73 Å². The van der Waals surface area contributed by atoms with Gasteiger partial charge < -0.3 is 10.6 Å². The fraction of sp³-hybridized carbons (Fsp3) is 0.611. The minimum absolute atomic E-state index is 0.0378. The Bertz CT molecular complexity index is 476. The van der Waals surface area contributed by atoms with Crippen LogP contribution in [0, 0.1) is 0 Å². The molecule has 0 radical (unpaired) electrons. The SMILES string of the molecule is CCN(CCF)Cc1ccc(CC(N)C(=O)N(C)C(C)C)cc1. The van der Waals surface area contributed by atoms with Gasteiger partial charge in [0.25, 0.3) is 0 Å². The summed E-state index contributed by atoms with van der Waals surface area (Å²) < 4.78 is 12.4. The van der Waals surface area contributed by atoms with E-state index in [1.165, 1.54) is 0 Å². The summed E-state index contributed by atoms with van der Waals surface area (Å²) in [5, 5.41) is 0. The van der Waals surface area contributed by atoms with Gasteiger partial charge in [0, 0.05) is 26.2 Å². The van der Waals surface area contributed by atoms with Crippen molar-refractivity contribution >= 4 is 5.91 Å². The van der Waals surface area contributed by atoms with Gasteiger partial charge in [-0.05, 0) is 37.9 Å². The van der Waals surface area contributed by atoms with E-state index in [4.69, 9.17) is 5.73 Å². The first-order valence-electron chi connectivity index (χ1n) is 8.27. The van der Waals surface area contributed by atoms with Crippen molar-refractivity contribution in [3.8, 4) is 0 Å². The molecule has 0 aliphatic heterocycles. The molecule has 0 heterocycles. The molecule has 0 saturated carbocycles. The van der Waals surface area contributed by atoms with Crippen LogP contribution in [-0.4, -0.2) is 54.6 Å². The Morgan fingerprint density at radius 1 is 1.22 bits per heavy atom. The molecular formula is C18H30FN3O. The molecular weight excluding hydrogens is 293 g/mol. The van der Waals surface area contributed by atoms with Crippen LogP contribution in [0.15, 0.2) is 24.3 Å². The average molecular weight is 323 g/mol. The fourth-order valence-electron chi connectivity index (χ4n) is 2.36. The topological polar surface area (TPSA) is 49.6 Å². The number of likely N-dealkylation sites (N-methyl/N-ethyl adjacent to an activating group) is 1. The number of amides is 1. The van der Waals surface area contributed by atoms with Crippen molar-refractivity contribution in [2.75, 3.05) is 26.8 Å². The van der Waals surface area contributed by atoms with Crippen molar-refractivity contribution in [1.82, 2.24) is 9.80 Å². The molecule has 5 heteroatoms. The summed E-state index contributed by atoms with van der Waals surface area (Å²) in [6, 6.07) is 7.68. The third kappa shape index (κ3) is 6.28. The summed E-state index contributed by atoms with van der Waals surface area (Å²) in [6.45, 7) is 7.66. The van der Waals surface area contributed by atoms with Crippen molar-refractivity contribution < 1.29 is 9.18 Å². The monoisotopic (exact) mass is 323 g/mol. The highest BCUT2D eigenvalue weighted by Gasteiger charge is 2.20. The Kier molecular flexibility index (Phi) is 8.20. The van der Waals surface area contributed by atoms with Gasteiger partial charge in [-0.1, -0.05) is 31.2 Å². The smallest absolute Gasteiger partial charge is 0.239 e. The number of alkyl halides is 1. The van der Waals surface area contributed by atoms with Gasteiger partial charge in [0.05, 0.1) is 6.04 Å². The number of halogens is 1. The molecule has 0 aromatic heterocycles. The van der Waals surface area contributed by atoms with Gasteiger partial charge in [0.1, 0.15) is 6.67 Å². The predicted octanol–water partition coefficient (Wildman–Crippen LogP) is 2.21. The molecule has 0 bridgehead atoms. The van der Waals surface area contributed by atoms with Gasteiger partial charge >= 0.3 is 0 Å². The first-order valence-corrected chi connectivity index (χ1v) is 8.27. The Labute approximate surface area is 139 Å². The van der Waals surface area contributed by atoms with E-state index >= 15 is 0 Å². The summed E-state index contributed by atoms with van der Waals surface area (Å²) in [7, 11) is 1.78. The minimum atomic E-state index is -0.521. The summed E-state index contributed by atoms with van der Waals surface area (Å²) in [4.78, 5) is 15.9. The van der Waals surface area contributed by atoms with E-state index in [1.54, 1.807) is 11.9 Å². The highest BCUT2D eigenvalue weighted by atomic mass is 19.1. The first-order chi connectivity index (χ1) is 10.9. The lowest BCUT2D eigenvalue weighted by Crippen LogP contribution is -2.45. The van der Waals surface area contributed by atoms with Gasteiger partial charge in [-0.2, -0.15) is 0 Å². The highest BCUT2D eigenvalue weighted by Crippen LogP contribution is 2.10. The second-order valence-electron chi connectivity index (χ2n) is 6.23. The number of rotatable bonds is 9. The van der Waals surface area contributed by atoms with Crippen molar-refractivity contribution in [1.29, 1.82) is 0 Å². The van der Waals surface area contributed by atoms with E-state index in [-0.39, 0.29) is 18.6 Å². The van der Waals surface area contributed by atoms with Crippen LogP contribution in [-0.2, 0) is 17.8 Å². The Hall–Kier alpha value is -1.46. The Morgan fingerprint density at radius 3 is 2.26 bits per heavy atom. The lowest BCUT2D eigenvalue weighted by Gasteiger charge is -2.25. The molecule has 1 aromatic rings. The summed E-state index contributed by atoms with van der Waals surface area (Å²) in [6.07, 6.45) is 0.526. The van der Waals surface area contributed by atoms with Crippen molar-refractivity contribution in [2.24, 2.45) is 5.73 Å². The zero-order valence-electron chi connectivity index (χ0n) is 14.8. The maximum Gasteiger partial charge on any atom is 0.239 e. The quantitative estimate of drug-likeness (QED) is 0.758. The van der Waals surface area contributed by atoms with Gasteiger partial charge in [0.2, 0.25) is 5.91 Å². The van der Waals surface area contributed by atoms with E-state index in [0.29, 0.717) is 13.0 Å². The van der Waals surface area contributed by atoms with E-state index in [9.17, 15) is 9.18 Å². The number of nitrogens with two attached hydrogens (primary N) is 1. The minimum Gasteiger partial charge on any atom is -0.342 e. The normalized spacial score (nSPS) is 12.7. The van der Waals surface area contributed by atoms with Crippen LogP contribution >= 0.6 is 0 Å². The fourth-order valence-corrected chi connectivity index (χ4v) is 2.36. The average Bonchev–Trinajstić information content (AvgIpc) is 2.54. The van der Waals surface area contributed by atoms with Crippen molar-refractivity contribution in [2.45, 2.75) is 45.8 Å². The zero-order valence-corrected chi connectivity index (χ0v) is 14.8. The molecule has 1 aromatic carbocycles. The van der Waals surface area contributed by atoms with Crippen molar-refractivity contribution in [3.63, 3.8) is 0 Å². The maximum atomic E-state index is 12.4. The Balaban J connectivity index is 2.61. The third-order valence-electron chi connectivity index (χ3n) is 4.17. The molecule has 130 valence electrons. The van der Waals surface area contributed by atoms with Crippen LogP contribution in [0.25, 0.3) is 0 Å². The zero-order chi connectivity index (χ0) is 17.4. The molecule has 0 saturated heterocycles. The first kappa shape index (κ1) is 19.6. The summed E-state index contributed by atoms with van der Waals surface area (Å²) in [5.41, 5.74) is 8.21. The molecule has 0 aliphatic rings. The maximum absolute atomic E-state index is 12.4. The van der Waals surface area contributed by atoms with Crippen LogP contribution in [0.3, 0.4) is 0 Å². The lowest BCUT2D eigenvalue weighted by molar-refractivity contribution is -0.132. The van der Waals surface area contributed by atoms with Gasteiger partial charge in [-0.15, -0.1) is 0 Å². The van der Waals surface area contributed by atoms with Crippen molar-refractivity contribution in [3.05, 3.63) is 35.4 Å². The molecule has 1 amide bonds. The number of carbonyl (C=O) groups excluding carboxylic acids is 1. The molecule has 1 atom stereocenters. The van der Waals surface area contributed by atoms with E-state index < -0.39 is 6.04 Å². The van der Waals surface area contributed by atoms with Gasteiger partial charge in [0.15, 0.2) is 0 Å². The molecule has 1 rings (SSSR count). The van der Waals surface area contributed by atoms with Gasteiger partial charge in [-0.25, -0.2) is 4.39 Å². The molecule has 2 N–H and O–H groups in total. The van der Waals surface area contributed by atoms with Gasteiger partial charge in [-0.3, -0.25) is 9.69 Å². The number of carbonyl (C=O) groups is 1. The summed E-state index contributed by atoms with van der Waals surface area (Å²) in [5.74, 6) is -0.0378. The standard InChI is InChI=1S/C18H30FN3O/c1-5-22(11-10-19)13-16-8-6-15(7-9-16)12-17(20)18(23)21(4)14(2)3/h6-9,14,17H,5,10-13,20H2,1-4H3. The molecule has 0 spiro atoms. The van der Waals surface area contributed by atoms with Crippen LogP contribution in [0.4, 0.5) is 4.39 Å². The molecule has 0 fully saturated rings. The second-order valence-corrected chi connectivity index (χ2v) is 6.23. The van der Waals surface area contributed by atoms with E-state index in [0.717, 1.165) is 24.2 Å². The second kappa shape index (κ2) is 9.63. The third-order valence-corrected chi connectivity index (χ3v) is 4.17. The molecule has 4 nitrogen and oxygen atoms in total. The predicted molar refractivity (Wildman–Crippen MR) is 93.0 cm³/mol. The number of hydrogen-bond acceptors (Lipinski definition) is 3. The molecule has 23 heavy (non-hydrogen) atoms. The highest BCUT2D eigenvalue weighted by molar-refractivity contribution is 5.82. The Morgan fingerprint density at radius 2 is 1.78 bits per heavy atom. The molecule has 0 aliphatic carbocycles. The lowest BCUT2D eigenvalue weighted by atomic mass is 10.0. The van der Waals surface area contributed by atoms with E-state index in [1.807, 2.05) is 45.0 Å². The number of hydrogen-bond donors (Lipinski definition) is 1.